The molecule has 0 fully saturated rings. The second-order valence-corrected chi connectivity index (χ2v) is 7.01. The number of fused-ring (bicyclic) bond motifs is 1. The van der Waals surface area contributed by atoms with E-state index in [-0.39, 0.29) is 0 Å². The van der Waals surface area contributed by atoms with Crippen molar-refractivity contribution in [2.75, 3.05) is 6.54 Å². The van der Waals surface area contributed by atoms with Gasteiger partial charge in [0.2, 0.25) is 10.0 Å². The molecular weight excluding hydrogens is 258 g/mol. The second-order valence-electron chi connectivity index (χ2n) is 5.24. The molecule has 0 aliphatic heterocycles. The molecule has 3 nitrogen and oxygen atoms in total. The van der Waals surface area contributed by atoms with E-state index in [1.54, 1.807) is 6.07 Å². The van der Waals surface area contributed by atoms with Crippen molar-refractivity contribution in [2.45, 2.75) is 56.8 Å². The van der Waals surface area contributed by atoms with Gasteiger partial charge in [0.1, 0.15) is 0 Å². The van der Waals surface area contributed by atoms with Gasteiger partial charge in [0.15, 0.2) is 0 Å². The Labute approximate surface area is 116 Å². The zero-order chi connectivity index (χ0) is 13.7. The predicted octanol–water partition coefficient (Wildman–Crippen LogP) is 3.03. The van der Waals surface area contributed by atoms with Gasteiger partial charge in [-0.3, -0.25) is 0 Å². The van der Waals surface area contributed by atoms with Gasteiger partial charge in [-0.15, -0.1) is 0 Å². The minimum atomic E-state index is -3.32. The van der Waals surface area contributed by atoms with Crippen LogP contribution >= 0.6 is 0 Å². The highest BCUT2D eigenvalue weighted by Crippen LogP contribution is 2.24. The van der Waals surface area contributed by atoms with Gasteiger partial charge >= 0.3 is 0 Å². The molecule has 0 radical (unpaired) electrons. The zero-order valence-electron chi connectivity index (χ0n) is 11.6. The monoisotopic (exact) mass is 281 g/mol. The molecule has 1 aliphatic rings. The van der Waals surface area contributed by atoms with Gasteiger partial charge in [0.05, 0.1) is 4.90 Å². The first-order valence-corrected chi connectivity index (χ1v) is 8.73. The highest BCUT2D eigenvalue weighted by atomic mass is 32.2. The SMILES string of the molecule is CCCCCCNS(=O)(=O)c1ccc2c(c1)CCC2. The lowest BCUT2D eigenvalue weighted by Gasteiger charge is -2.08. The summed E-state index contributed by atoms with van der Waals surface area (Å²) in [4.78, 5) is 0.420. The Morgan fingerprint density at radius 2 is 1.89 bits per heavy atom. The fraction of sp³-hybridized carbons (Fsp3) is 0.600. The number of hydrogen-bond donors (Lipinski definition) is 1. The summed E-state index contributed by atoms with van der Waals surface area (Å²) >= 11 is 0. The molecular formula is C15H23NO2S. The highest BCUT2D eigenvalue weighted by molar-refractivity contribution is 7.89. The summed E-state index contributed by atoms with van der Waals surface area (Å²) in [7, 11) is -3.32. The second kappa shape index (κ2) is 6.53. The molecule has 1 aromatic rings. The Morgan fingerprint density at radius 3 is 2.68 bits per heavy atom. The molecule has 1 N–H and O–H groups in total. The van der Waals surface area contributed by atoms with Crippen LogP contribution in [0.5, 0.6) is 0 Å². The van der Waals surface area contributed by atoms with Gasteiger partial charge in [-0.1, -0.05) is 32.3 Å². The number of rotatable bonds is 7. The number of benzene rings is 1. The van der Waals surface area contributed by atoms with Crippen LogP contribution in [0.3, 0.4) is 0 Å². The van der Waals surface area contributed by atoms with Crippen molar-refractivity contribution in [1.29, 1.82) is 0 Å². The molecule has 0 heterocycles. The number of unbranched alkanes of at least 4 members (excludes halogenated alkanes) is 3. The Hall–Kier alpha value is -0.870. The van der Waals surface area contributed by atoms with Crippen molar-refractivity contribution in [2.24, 2.45) is 0 Å². The van der Waals surface area contributed by atoms with Gasteiger partial charge in [0, 0.05) is 6.54 Å². The maximum Gasteiger partial charge on any atom is 0.240 e. The molecule has 0 saturated heterocycles. The van der Waals surface area contributed by atoms with Crippen LogP contribution in [0.15, 0.2) is 23.1 Å². The lowest BCUT2D eigenvalue weighted by atomic mass is 10.1. The summed E-state index contributed by atoms with van der Waals surface area (Å²) in [6.45, 7) is 2.69. The van der Waals surface area contributed by atoms with Crippen LogP contribution in [0.2, 0.25) is 0 Å². The molecule has 19 heavy (non-hydrogen) atoms. The largest absolute Gasteiger partial charge is 0.240 e. The predicted molar refractivity (Wildman–Crippen MR) is 77.8 cm³/mol. The number of nitrogens with one attached hydrogen (secondary N) is 1. The van der Waals surface area contributed by atoms with E-state index in [0.717, 1.165) is 38.5 Å². The van der Waals surface area contributed by atoms with Crippen LogP contribution in [0, 0.1) is 0 Å². The van der Waals surface area contributed by atoms with Crippen LogP contribution in [-0.4, -0.2) is 15.0 Å². The Kier molecular flexibility index (Phi) is 4.99. The highest BCUT2D eigenvalue weighted by Gasteiger charge is 2.17. The third kappa shape index (κ3) is 3.80. The third-order valence-electron chi connectivity index (χ3n) is 3.70. The van der Waals surface area contributed by atoms with E-state index in [1.807, 2.05) is 12.1 Å². The summed E-state index contributed by atoms with van der Waals surface area (Å²) in [5.74, 6) is 0. The number of hydrogen-bond acceptors (Lipinski definition) is 2. The van der Waals surface area contributed by atoms with Crippen molar-refractivity contribution in [1.82, 2.24) is 4.72 Å². The Bertz CT molecular complexity index is 523. The maximum atomic E-state index is 12.2. The van der Waals surface area contributed by atoms with Crippen LogP contribution < -0.4 is 4.72 Å². The molecule has 0 spiro atoms. The molecule has 0 amide bonds. The Morgan fingerprint density at radius 1 is 1.11 bits per heavy atom. The van der Waals surface area contributed by atoms with Crippen LogP contribution in [0.25, 0.3) is 0 Å². The minimum absolute atomic E-state index is 0.420. The normalized spacial score (nSPS) is 14.6. The van der Waals surface area contributed by atoms with Gasteiger partial charge < -0.3 is 0 Å². The molecule has 0 aromatic heterocycles. The van der Waals surface area contributed by atoms with Gasteiger partial charge in [-0.2, -0.15) is 0 Å². The van der Waals surface area contributed by atoms with Crippen molar-refractivity contribution < 1.29 is 8.42 Å². The molecule has 0 unspecified atom stereocenters. The molecule has 0 saturated carbocycles. The van der Waals surface area contributed by atoms with Crippen LogP contribution in [0.1, 0.15) is 50.2 Å². The van der Waals surface area contributed by atoms with Crippen molar-refractivity contribution >= 4 is 10.0 Å². The van der Waals surface area contributed by atoms with Crippen molar-refractivity contribution in [3.05, 3.63) is 29.3 Å². The van der Waals surface area contributed by atoms with Crippen LogP contribution in [0.4, 0.5) is 0 Å². The first-order chi connectivity index (χ1) is 9.13. The van der Waals surface area contributed by atoms with E-state index in [1.165, 1.54) is 17.5 Å². The molecule has 2 rings (SSSR count). The molecule has 106 valence electrons. The van der Waals surface area contributed by atoms with Gasteiger partial charge in [0.25, 0.3) is 0 Å². The van der Waals surface area contributed by atoms with Crippen LogP contribution in [-0.2, 0) is 22.9 Å². The van der Waals surface area contributed by atoms with E-state index in [0.29, 0.717) is 11.4 Å². The fourth-order valence-corrected chi connectivity index (χ4v) is 3.68. The first kappa shape index (κ1) is 14.5. The van der Waals surface area contributed by atoms with E-state index < -0.39 is 10.0 Å². The van der Waals surface area contributed by atoms with Crippen molar-refractivity contribution in [3.8, 4) is 0 Å². The fourth-order valence-electron chi connectivity index (χ4n) is 2.56. The maximum absolute atomic E-state index is 12.2. The van der Waals surface area contributed by atoms with E-state index in [4.69, 9.17) is 0 Å². The summed E-state index contributed by atoms with van der Waals surface area (Å²) in [6.07, 6.45) is 7.57. The standard InChI is InChI=1S/C15H23NO2S/c1-2-3-4-5-11-16-19(17,18)15-10-9-13-7-6-8-14(13)12-15/h9-10,12,16H,2-8,11H2,1H3. The van der Waals surface area contributed by atoms with E-state index in [2.05, 4.69) is 11.6 Å². The number of sulfonamides is 1. The number of aryl methyl sites for hydroxylation is 2. The molecule has 0 bridgehead atoms. The minimum Gasteiger partial charge on any atom is -0.211 e. The lowest BCUT2D eigenvalue weighted by Crippen LogP contribution is -2.24. The van der Waals surface area contributed by atoms with Gasteiger partial charge in [-0.05, 0) is 48.9 Å². The first-order valence-electron chi connectivity index (χ1n) is 7.25. The summed E-state index contributed by atoms with van der Waals surface area (Å²) < 4.78 is 27.0. The van der Waals surface area contributed by atoms with E-state index >= 15 is 0 Å². The quantitative estimate of drug-likeness (QED) is 0.781. The molecule has 4 heteroatoms. The zero-order valence-corrected chi connectivity index (χ0v) is 12.4. The van der Waals surface area contributed by atoms with E-state index in [9.17, 15) is 8.42 Å². The Balaban J connectivity index is 1.95. The average molecular weight is 281 g/mol. The third-order valence-corrected chi connectivity index (χ3v) is 5.16. The summed E-state index contributed by atoms with van der Waals surface area (Å²) in [5.41, 5.74) is 2.51. The molecule has 0 atom stereocenters. The summed E-state index contributed by atoms with van der Waals surface area (Å²) in [6, 6.07) is 5.54. The lowest BCUT2D eigenvalue weighted by molar-refractivity contribution is 0.573. The molecule has 1 aliphatic carbocycles. The summed E-state index contributed by atoms with van der Waals surface area (Å²) in [5, 5.41) is 0. The smallest absolute Gasteiger partial charge is 0.211 e. The van der Waals surface area contributed by atoms with Crippen molar-refractivity contribution in [3.63, 3.8) is 0 Å². The topological polar surface area (TPSA) is 46.2 Å². The average Bonchev–Trinajstić information content (AvgIpc) is 2.85. The van der Waals surface area contributed by atoms with Gasteiger partial charge in [-0.25, -0.2) is 13.1 Å². The molecule has 1 aromatic carbocycles.